The van der Waals surface area contributed by atoms with Gasteiger partial charge in [0.1, 0.15) is 6.04 Å². The fraction of sp³-hybridized carbons (Fsp3) is 0.292. The number of carbonyl (C=O) groups excluding carboxylic acids is 3. The average Bonchev–Trinajstić information content (AvgIpc) is 3.41. The number of hydrogen-bond donors (Lipinski definition) is 1. The molecule has 10 heteroatoms. The molecule has 0 bridgehead atoms. The molecule has 2 aromatic carbocycles. The number of aryl methyl sites for hydroxylation is 1. The summed E-state index contributed by atoms with van der Waals surface area (Å²) < 4.78 is 27.3. The molecule has 2 aliphatic rings. The van der Waals surface area contributed by atoms with Crippen molar-refractivity contribution in [3.8, 4) is 0 Å². The van der Waals surface area contributed by atoms with E-state index in [0.29, 0.717) is 17.7 Å². The van der Waals surface area contributed by atoms with E-state index in [4.69, 9.17) is 0 Å². The molecule has 1 unspecified atom stereocenters. The fourth-order valence-corrected chi connectivity index (χ4v) is 6.46. The summed E-state index contributed by atoms with van der Waals surface area (Å²) >= 11 is 0.861. The van der Waals surface area contributed by atoms with Gasteiger partial charge in [-0.1, -0.05) is 48.0 Å². The van der Waals surface area contributed by atoms with Crippen LogP contribution in [0.3, 0.4) is 0 Å². The summed E-state index contributed by atoms with van der Waals surface area (Å²) in [6.45, 7) is 2.20. The number of carbonyl (C=O) groups is 3. The maximum absolute atomic E-state index is 13.1. The van der Waals surface area contributed by atoms with Crippen LogP contribution < -0.4 is 5.32 Å². The van der Waals surface area contributed by atoms with Crippen LogP contribution >= 0.6 is 11.8 Å². The highest BCUT2D eigenvalue weighted by Crippen LogP contribution is 2.32. The first-order valence-electron chi connectivity index (χ1n) is 10.9. The fourth-order valence-electron chi connectivity index (χ4n) is 3.94. The maximum Gasteiger partial charge on any atom is 0.293 e. The highest BCUT2D eigenvalue weighted by Gasteiger charge is 2.40. The van der Waals surface area contributed by atoms with E-state index in [2.05, 4.69) is 5.32 Å². The third-order valence-electron chi connectivity index (χ3n) is 5.74. The molecule has 0 aromatic heterocycles. The molecule has 3 amide bonds. The first-order valence-corrected chi connectivity index (χ1v) is 13.2. The molecule has 1 atom stereocenters. The second-order valence-corrected chi connectivity index (χ2v) is 11.0. The van der Waals surface area contributed by atoms with Crippen LogP contribution in [0.5, 0.6) is 0 Å². The summed E-state index contributed by atoms with van der Waals surface area (Å²) in [4.78, 5) is 39.3. The Kier molecular flexibility index (Phi) is 7.20. The second kappa shape index (κ2) is 10.1. The van der Waals surface area contributed by atoms with E-state index in [-0.39, 0.29) is 24.5 Å². The van der Waals surface area contributed by atoms with Crippen molar-refractivity contribution in [3.63, 3.8) is 0 Å². The van der Waals surface area contributed by atoms with Crippen LogP contribution in [0.4, 0.5) is 4.79 Å². The van der Waals surface area contributed by atoms with Crippen LogP contribution in [0.25, 0.3) is 6.08 Å². The highest BCUT2D eigenvalue weighted by molar-refractivity contribution is 8.18. The molecule has 0 spiro atoms. The van der Waals surface area contributed by atoms with Gasteiger partial charge in [0.05, 0.1) is 9.80 Å². The van der Waals surface area contributed by atoms with Gasteiger partial charge in [-0.3, -0.25) is 19.3 Å². The van der Waals surface area contributed by atoms with Crippen molar-refractivity contribution >= 4 is 44.9 Å². The number of benzene rings is 2. The molecule has 2 heterocycles. The Morgan fingerprint density at radius 1 is 1.12 bits per heavy atom. The Labute approximate surface area is 203 Å². The van der Waals surface area contributed by atoms with Crippen LogP contribution in [0.15, 0.2) is 64.4 Å². The molecule has 8 nitrogen and oxygen atoms in total. The molecule has 2 aromatic rings. The van der Waals surface area contributed by atoms with Crippen LogP contribution in [-0.4, -0.2) is 60.4 Å². The predicted molar refractivity (Wildman–Crippen MR) is 130 cm³/mol. The summed E-state index contributed by atoms with van der Waals surface area (Å²) in [5.74, 6) is -0.836. The molecule has 1 N–H and O–H groups in total. The van der Waals surface area contributed by atoms with Gasteiger partial charge in [0.2, 0.25) is 15.9 Å². The second-order valence-electron chi connectivity index (χ2n) is 8.12. The van der Waals surface area contributed by atoms with Crippen molar-refractivity contribution in [1.82, 2.24) is 14.5 Å². The minimum atomic E-state index is -3.80. The van der Waals surface area contributed by atoms with Gasteiger partial charge in [-0.15, -0.1) is 0 Å². The SMILES string of the molecule is Cc1ccc(S(=O)(=O)N2CCCC2C(=O)NCCN2C(=O)S/C(=C\c3ccccc3)C2=O)cc1. The Morgan fingerprint density at radius 2 is 1.82 bits per heavy atom. The molecular formula is C24H25N3O5S2. The summed E-state index contributed by atoms with van der Waals surface area (Å²) in [5.41, 5.74) is 1.76. The number of nitrogens with zero attached hydrogens (tertiary/aromatic N) is 2. The summed E-state index contributed by atoms with van der Waals surface area (Å²) in [5, 5.41) is 2.30. The number of sulfonamides is 1. The Balaban J connectivity index is 1.36. The molecule has 178 valence electrons. The first kappa shape index (κ1) is 24.2. The molecule has 0 aliphatic carbocycles. The lowest BCUT2D eigenvalue weighted by Crippen LogP contribution is -2.47. The van der Waals surface area contributed by atoms with Crippen molar-refractivity contribution in [3.05, 3.63) is 70.6 Å². The minimum Gasteiger partial charge on any atom is -0.353 e. The molecule has 2 aliphatic heterocycles. The van der Waals surface area contributed by atoms with Crippen molar-refractivity contribution in [2.24, 2.45) is 0 Å². The van der Waals surface area contributed by atoms with E-state index in [0.717, 1.165) is 27.8 Å². The zero-order chi connectivity index (χ0) is 24.3. The molecule has 2 saturated heterocycles. The van der Waals surface area contributed by atoms with E-state index in [1.54, 1.807) is 30.3 Å². The van der Waals surface area contributed by atoms with Crippen LogP contribution in [0, 0.1) is 6.92 Å². The lowest BCUT2D eigenvalue weighted by molar-refractivity contribution is -0.125. The van der Waals surface area contributed by atoms with Crippen molar-refractivity contribution < 1.29 is 22.8 Å². The monoisotopic (exact) mass is 499 g/mol. The van der Waals surface area contributed by atoms with Gasteiger partial charge in [-0.25, -0.2) is 8.42 Å². The summed E-state index contributed by atoms with van der Waals surface area (Å²) in [6.07, 6.45) is 2.66. The Bertz CT molecular complexity index is 1230. The normalized spacial score (nSPS) is 20.3. The largest absolute Gasteiger partial charge is 0.353 e. The van der Waals surface area contributed by atoms with Gasteiger partial charge in [-0.2, -0.15) is 4.31 Å². The highest BCUT2D eigenvalue weighted by atomic mass is 32.2. The van der Waals surface area contributed by atoms with Gasteiger partial charge in [-0.05, 0) is 55.3 Å². The number of rotatable bonds is 7. The minimum absolute atomic E-state index is 0.0139. The van der Waals surface area contributed by atoms with E-state index >= 15 is 0 Å². The van der Waals surface area contributed by atoms with Gasteiger partial charge in [0, 0.05) is 19.6 Å². The Morgan fingerprint density at radius 3 is 2.53 bits per heavy atom. The quantitative estimate of drug-likeness (QED) is 0.588. The van der Waals surface area contributed by atoms with Crippen molar-refractivity contribution in [2.75, 3.05) is 19.6 Å². The zero-order valence-corrected chi connectivity index (χ0v) is 20.3. The lowest BCUT2D eigenvalue weighted by atomic mass is 10.2. The topological polar surface area (TPSA) is 104 Å². The number of nitrogens with one attached hydrogen (secondary N) is 1. The van der Waals surface area contributed by atoms with E-state index in [1.807, 2.05) is 37.3 Å². The van der Waals surface area contributed by atoms with E-state index in [1.165, 1.54) is 4.31 Å². The van der Waals surface area contributed by atoms with Crippen molar-refractivity contribution in [2.45, 2.75) is 30.7 Å². The number of amides is 3. The third kappa shape index (κ3) is 5.08. The molecular weight excluding hydrogens is 474 g/mol. The van der Waals surface area contributed by atoms with Gasteiger partial charge >= 0.3 is 0 Å². The molecule has 0 radical (unpaired) electrons. The molecule has 2 fully saturated rings. The third-order valence-corrected chi connectivity index (χ3v) is 8.57. The smallest absolute Gasteiger partial charge is 0.293 e. The standard InChI is InChI=1S/C24H25N3O5S2/c1-17-9-11-19(12-10-17)34(31,32)27-14-5-8-20(27)22(28)25-13-15-26-23(29)21(33-24(26)30)16-18-6-3-2-4-7-18/h2-4,6-7,9-12,16,20H,5,8,13-15H2,1H3,(H,25,28)/b21-16-. The molecule has 34 heavy (non-hydrogen) atoms. The summed E-state index contributed by atoms with van der Waals surface area (Å²) in [6, 6.07) is 14.9. The molecule has 0 saturated carbocycles. The lowest BCUT2D eigenvalue weighted by Gasteiger charge is -2.24. The van der Waals surface area contributed by atoms with Crippen LogP contribution in [0.2, 0.25) is 0 Å². The number of imide groups is 1. The van der Waals surface area contributed by atoms with Crippen LogP contribution in [0.1, 0.15) is 24.0 Å². The zero-order valence-electron chi connectivity index (χ0n) is 18.6. The Hall–Kier alpha value is -2.95. The maximum atomic E-state index is 13.1. The van der Waals surface area contributed by atoms with Gasteiger partial charge in [0.25, 0.3) is 11.1 Å². The van der Waals surface area contributed by atoms with Crippen molar-refractivity contribution in [1.29, 1.82) is 0 Å². The predicted octanol–water partition coefficient (Wildman–Crippen LogP) is 3.00. The van der Waals surface area contributed by atoms with Gasteiger partial charge < -0.3 is 5.32 Å². The van der Waals surface area contributed by atoms with Gasteiger partial charge in [0.15, 0.2) is 0 Å². The number of thioether (sulfide) groups is 1. The number of hydrogen-bond acceptors (Lipinski definition) is 6. The molecule has 4 rings (SSSR count). The van der Waals surface area contributed by atoms with Crippen LogP contribution in [-0.2, 0) is 19.6 Å². The first-order chi connectivity index (χ1) is 16.3. The van der Waals surface area contributed by atoms with E-state index in [9.17, 15) is 22.8 Å². The summed E-state index contributed by atoms with van der Waals surface area (Å²) in [7, 11) is -3.80. The van der Waals surface area contributed by atoms with E-state index < -0.39 is 33.1 Å². The average molecular weight is 500 g/mol.